The number of hydrogen-bond donors (Lipinski definition) is 9. The molecule has 1 aromatic carbocycles. The maximum absolute atomic E-state index is 12.4. The van der Waals surface area contributed by atoms with E-state index in [0.29, 0.717) is 30.8 Å². The zero-order chi connectivity index (χ0) is 35.8. The Morgan fingerprint density at radius 3 is 1.94 bits per heavy atom. The van der Waals surface area contributed by atoms with Crippen molar-refractivity contribution in [1.29, 1.82) is 0 Å². The van der Waals surface area contributed by atoms with E-state index in [-0.39, 0.29) is 6.61 Å². The summed E-state index contributed by atoms with van der Waals surface area (Å²) in [7, 11) is 0. The first kappa shape index (κ1) is 39.4. The van der Waals surface area contributed by atoms with E-state index in [4.69, 9.17) is 33.2 Å². The average Bonchev–Trinajstić information content (AvgIpc) is 3.09. The number of unbranched alkanes of at least 4 members (excludes halogenated alkanes) is 1. The van der Waals surface area contributed by atoms with Gasteiger partial charge in [0.05, 0.1) is 25.9 Å². The first-order valence-corrected chi connectivity index (χ1v) is 16.0. The monoisotopic (exact) mass is 705 g/mol. The van der Waals surface area contributed by atoms with Crippen LogP contribution in [0.15, 0.2) is 24.3 Å². The molecule has 3 heterocycles. The topological polar surface area (TPSA) is 273 Å². The molecule has 0 saturated carbocycles. The van der Waals surface area contributed by atoms with Gasteiger partial charge < -0.3 is 79.3 Å². The third-order valence-corrected chi connectivity index (χ3v) is 8.54. The van der Waals surface area contributed by atoms with Crippen molar-refractivity contribution in [3.8, 4) is 5.75 Å². The first-order chi connectivity index (χ1) is 23.4. The molecular weight excluding hydrogens is 658 g/mol. The summed E-state index contributed by atoms with van der Waals surface area (Å²) in [6.45, 7) is 1.52. The number of benzene rings is 1. The molecule has 18 heteroatoms. The number of aliphatic hydroxyl groups excluding tert-OH is 8. The summed E-state index contributed by atoms with van der Waals surface area (Å²) in [6.07, 6.45) is -19.8. The fourth-order valence-corrected chi connectivity index (χ4v) is 5.76. The van der Waals surface area contributed by atoms with E-state index >= 15 is 0 Å². The van der Waals surface area contributed by atoms with E-state index in [0.717, 1.165) is 6.29 Å². The van der Waals surface area contributed by atoms with Crippen molar-refractivity contribution >= 4 is 12.2 Å². The van der Waals surface area contributed by atoms with Gasteiger partial charge in [0.15, 0.2) is 18.9 Å². The molecule has 3 aliphatic rings. The van der Waals surface area contributed by atoms with Crippen LogP contribution in [0.2, 0.25) is 0 Å². The van der Waals surface area contributed by atoms with E-state index < -0.39 is 111 Å². The van der Waals surface area contributed by atoms with Crippen molar-refractivity contribution in [2.45, 2.75) is 119 Å². The van der Waals surface area contributed by atoms with E-state index in [1.165, 1.54) is 13.8 Å². The zero-order valence-electron chi connectivity index (χ0n) is 27.0. The Morgan fingerprint density at radius 1 is 0.755 bits per heavy atom. The highest BCUT2D eigenvalue weighted by molar-refractivity contribution is 5.74. The molecule has 1 amide bonds. The molecule has 0 aromatic heterocycles. The maximum atomic E-state index is 12.4. The SMILES string of the molecule is CC(=O)N[C@H]1[C@H](OCCCCOc2ccc(C=O)cc2)O[C@H](CO)[C@@H](O[C@@H]2O[C@H](CO)[C@H](O)[C@H](O)[C@H]2O)[C@@H]1O[C@@H]1O[C@@H](C)[C@@H](O)[C@@H](O)[C@@H]1O. The lowest BCUT2D eigenvalue weighted by Crippen LogP contribution is -2.69. The fourth-order valence-electron chi connectivity index (χ4n) is 5.76. The summed E-state index contributed by atoms with van der Waals surface area (Å²) in [5.74, 6) is -0.00378. The number of amides is 1. The molecule has 0 bridgehead atoms. The average molecular weight is 706 g/mol. The summed E-state index contributed by atoms with van der Waals surface area (Å²) in [6, 6.07) is 5.33. The van der Waals surface area contributed by atoms with Crippen LogP contribution in [-0.2, 0) is 33.2 Å². The number of rotatable bonds is 15. The lowest BCUT2D eigenvalue weighted by atomic mass is 9.94. The van der Waals surface area contributed by atoms with Crippen LogP contribution in [0.3, 0.4) is 0 Å². The largest absolute Gasteiger partial charge is 0.494 e. The van der Waals surface area contributed by atoms with Crippen molar-refractivity contribution in [2.24, 2.45) is 0 Å². The highest BCUT2D eigenvalue weighted by atomic mass is 16.8. The molecule has 3 saturated heterocycles. The van der Waals surface area contributed by atoms with Gasteiger partial charge >= 0.3 is 0 Å². The van der Waals surface area contributed by atoms with Crippen LogP contribution in [0.4, 0.5) is 0 Å². The molecule has 4 rings (SSSR count). The first-order valence-electron chi connectivity index (χ1n) is 16.0. The number of carbonyl (C=O) groups is 2. The van der Waals surface area contributed by atoms with E-state index in [1.54, 1.807) is 24.3 Å². The van der Waals surface area contributed by atoms with E-state index in [9.17, 15) is 50.4 Å². The van der Waals surface area contributed by atoms with Crippen molar-refractivity contribution in [3.05, 3.63) is 29.8 Å². The Bertz CT molecular complexity index is 1180. The molecular formula is C31H47NO17. The number of aldehydes is 1. The van der Waals surface area contributed by atoms with Gasteiger partial charge in [-0.1, -0.05) is 0 Å². The molecule has 278 valence electrons. The molecule has 49 heavy (non-hydrogen) atoms. The minimum Gasteiger partial charge on any atom is -0.494 e. The Balaban J connectivity index is 1.53. The highest BCUT2D eigenvalue weighted by Crippen LogP contribution is 2.34. The summed E-state index contributed by atoms with van der Waals surface area (Å²) in [5, 5.41) is 85.3. The second-order valence-corrected chi connectivity index (χ2v) is 12.1. The molecule has 0 aliphatic carbocycles. The van der Waals surface area contributed by atoms with Gasteiger partial charge in [-0.3, -0.25) is 9.59 Å². The van der Waals surface area contributed by atoms with Gasteiger partial charge in [-0.05, 0) is 44.0 Å². The molecule has 3 fully saturated rings. The Labute approximate surface area is 282 Å². The number of aliphatic hydroxyl groups is 8. The number of carbonyl (C=O) groups excluding carboxylic acids is 2. The second-order valence-electron chi connectivity index (χ2n) is 12.1. The minimum absolute atomic E-state index is 0.0712. The van der Waals surface area contributed by atoms with Crippen LogP contribution in [0, 0.1) is 0 Å². The molecule has 15 atom stereocenters. The fraction of sp³-hybridized carbons (Fsp3) is 0.742. The molecule has 9 N–H and O–H groups in total. The molecule has 0 unspecified atom stereocenters. The molecule has 0 radical (unpaired) electrons. The van der Waals surface area contributed by atoms with Crippen LogP contribution in [0.25, 0.3) is 0 Å². The third-order valence-electron chi connectivity index (χ3n) is 8.54. The molecule has 18 nitrogen and oxygen atoms in total. The number of hydrogen-bond acceptors (Lipinski definition) is 17. The van der Waals surface area contributed by atoms with Gasteiger partial charge in [0.25, 0.3) is 0 Å². The highest BCUT2D eigenvalue weighted by Gasteiger charge is 2.54. The van der Waals surface area contributed by atoms with Crippen molar-refractivity contribution in [1.82, 2.24) is 5.32 Å². The summed E-state index contributed by atoms with van der Waals surface area (Å²) in [5.41, 5.74) is 0.513. The Morgan fingerprint density at radius 2 is 1.33 bits per heavy atom. The standard InChI is InChI=1S/C31H47NO17/c1-14-21(37)23(39)25(41)30(45-14)49-28-20(32-15(2)36)29(44-10-4-3-9-43-17-7-5-16(11-33)6-8-17)47-19(13-35)27(28)48-31-26(42)24(40)22(38)18(12-34)46-31/h5-8,11,14,18-31,34-35,37-42H,3-4,9-10,12-13H2,1-2H3,(H,32,36)/t14-,18+,19+,20+,21+,22-,23+,24-,25-,26+,27+,28+,29+,30-,31-/m0/s1. The number of ether oxygens (including phenoxy) is 7. The van der Waals surface area contributed by atoms with Gasteiger partial charge in [-0.25, -0.2) is 0 Å². The van der Waals surface area contributed by atoms with Gasteiger partial charge in [-0.2, -0.15) is 0 Å². The maximum Gasteiger partial charge on any atom is 0.217 e. The smallest absolute Gasteiger partial charge is 0.217 e. The van der Waals surface area contributed by atoms with Gasteiger partial charge in [-0.15, -0.1) is 0 Å². The molecule has 0 spiro atoms. The number of nitrogens with one attached hydrogen (secondary N) is 1. The summed E-state index contributed by atoms with van der Waals surface area (Å²) < 4.78 is 40.9. The third kappa shape index (κ3) is 9.69. The van der Waals surface area contributed by atoms with Crippen LogP contribution >= 0.6 is 0 Å². The minimum atomic E-state index is -1.86. The molecule has 1 aromatic rings. The van der Waals surface area contributed by atoms with Crippen LogP contribution in [-0.4, -0.2) is 172 Å². The van der Waals surface area contributed by atoms with E-state index in [1.807, 2.05) is 0 Å². The molecule has 3 aliphatic heterocycles. The Kier molecular flexibility index (Phi) is 14.6. The van der Waals surface area contributed by atoms with Gasteiger partial charge in [0.2, 0.25) is 5.91 Å². The quantitative estimate of drug-likeness (QED) is 0.0627. The van der Waals surface area contributed by atoms with Crippen molar-refractivity contribution in [3.63, 3.8) is 0 Å². The zero-order valence-corrected chi connectivity index (χ0v) is 27.0. The predicted octanol–water partition coefficient (Wildman–Crippen LogP) is -3.71. The second kappa shape index (κ2) is 18.2. The summed E-state index contributed by atoms with van der Waals surface area (Å²) in [4.78, 5) is 23.3. The summed E-state index contributed by atoms with van der Waals surface area (Å²) >= 11 is 0. The van der Waals surface area contributed by atoms with Crippen LogP contribution in [0.5, 0.6) is 5.75 Å². The van der Waals surface area contributed by atoms with Gasteiger partial charge in [0.1, 0.15) is 79.1 Å². The van der Waals surface area contributed by atoms with Crippen molar-refractivity contribution < 1.29 is 83.6 Å². The van der Waals surface area contributed by atoms with Crippen LogP contribution < -0.4 is 10.1 Å². The van der Waals surface area contributed by atoms with E-state index in [2.05, 4.69) is 5.32 Å². The van der Waals surface area contributed by atoms with Gasteiger partial charge in [0, 0.05) is 19.1 Å². The van der Waals surface area contributed by atoms with Crippen molar-refractivity contribution in [2.75, 3.05) is 26.4 Å². The lowest BCUT2D eigenvalue weighted by Gasteiger charge is -2.50. The normalized spacial score (nSPS) is 39.7. The Hall–Kier alpha value is -2.40. The predicted molar refractivity (Wildman–Crippen MR) is 162 cm³/mol. The lowest BCUT2D eigenvalue weighted by molar-refractivity contribution is -0.373. The van der Waals surface area contributed by atoms with Crippen LogP contribution in [0.1, 0.15) is 37.0 Å².